The lowest BCUT2D eigenvalue weighted by Crippen LogP contribution is -2.43. The van der Waals surface area contributed by atoms with Crippen LogP contribution in [0.15, 0.2) is 0 Å². The van der Waals surface area contributed by atoms with Crippen LogP contribution in [0, 0.1) is 11.8 Å². The van der Waals surface area contributed by atoms with Gasteiger partial charge in [0.1, 0.15) is 0 Å². The molecule has 1 aliphatic rings. The van der Waals surface area contributed by atoms with Gasteiger partial charge in [-0.2, -0.15) is 0 Å². The Bertz CT molecular complexity index is 372. The van der Waals surface area contributed by atoms with E-state index in [2.05, 4.69) is 10.1 Å². The van der Waals surface area contributed by atoms with Gasteiger partial charge in [0.05, 0.1) is 19.6 Å². The number of aliphatic carboxylic acids is 1. The molecule has 0 spiro atoms. The quantitative estimate of drug-likeness (QED) is 0.559. The number of amides is 2. The lowest BCUT2D eigenvalue weighted by atomic mass is 9.99. The van der Waals surface area contributed by atoms with E-state index in [4.69, 9.17) is 10.2 Å². The molecule has 8 nitrogen and oxygen atoms in total. The highest BCUT2D eigenvalue weighted by atomic mass is 16.5. The number of hydrogen-bond acceptors (Lipinski definition) is 5. The van der Waals surface area contributed by atoms with E-state index in [9.17, 15) is 14.4 Å². The molecule has 0 bridgehead atoms. The van der Waals surface area contributed by atoms with Crippen LogP contribution < -0.4 is 5.32 Å². The minimum Gasteiger partial charge on any atom is -0.479 e. The van der Waals surface area contributed by atoms with E-state index >= 15 is 0 Å². The van der Waals surface area contributed by atoms with Crippen LogP contribution in [0.25, 0.3) is 0 Å². The molecule has 19 heavy (non-hydrogen) atoms. The molecule has 1 fully saturated rings. The van der Waals surface area contributed by atoms with Crippen molar-refractivity contribution in [3.63, 3.8) is 0 Å². The van der Waals surface area contributed by atoms with Gasteiger partial charge in [0.25, 0.3) is 0 Å². The van der Waals surface area contributed by atoms with Gasteiger partial charge in [-0.1, -0.05) is 6.92 Å². The predicted octanol–water partition coefficient (Wildman–Crippen LogP) is -1.12. The zero-order valence-corrected chi connectivity index (χ0v) is 10.8. The Morgan fingerprint density at radius 1 is 1.42 bits per heavy atom. The molecule has 1 aliphatic heterocycles. The number of nitrogens with one attached hydrogen (secondary N) is 1. The molecule has 3 atom stereocenters. The first-order chi connectivity index (χ1) is 8.86. The molecule has 0 aliphatic carbocycles. The van der Waals surface area contributed by atoms with Crippen molar-refractivity contribution >= 4 is 18.0 Å². The van der Waals surface area contributed by atoms with Crippen molar-refractivity contribution in [3.05, 3.63) is 0 Å². The van der Waals surface area contributed by atoms with Gasteiger partial charge in [-0.05, 0) is 5.92 Å². The summed E-state index contributed by atoms with van der Waals surface area (Å²) in [5.41, 5.74) is 0. The summed E-state index contributed by atoms with van der Waals surface area (Å²) in [6.07, 6.45) is -1.64. The van der Waals surface area contributed by atoms with Gasteiger partial charge in [0.2, 0.25) is 0 Å². The SMILES string of the molecule is COC(=O)C1CN(C(=O)NC[C@H](O)C(=O)O)CC1C. The standard InChI is InChI=1S/C11H18N2O6/c1-6-4-13(5-7(6)10(17)19-2)11(18)12-3-8(14)9(15)16/h6-8,14H,3-5H2,1-2H3,(H,12,18)(H,15,16)/t6?,7?,8-/m0/s1. The van der Waals surface area contributed by atoms with Crippen molar-refractivity contribution in [2.24, 2.45) is 11.8 Å². The van der Waals surface area contributed by atoms with Gasteiger partial charge in [-0.3, -0.25) is 4.79 Å². The second kappa shape index (κ2) is 6.37. The van der Waals surface area contributed by atoms with Crippen LogP contribution in [0.5, 0.6) is 0 Å². The summed E-state index contributed by atoms with van der Waals surface area (Å²) in [7, 11) is 1.29. The van der Waals surface area contributed by atoms with Gasteiger partial charge in [-0.25, -0.2) is 9.59 Å². The third-order valence-electron chi connectivity index (χ3n) is 3.14. The zero-order chi connectivity index (χ0) is 14.6. The number of urea groups is 1. The van der Waals surface area contributed by atoms with Gasteiger partial charge in [-0.15, -0.1) is 0 Å². The Kier molecular flexibility index (Phi) is 5.11. The van der Waals surface area contributed by atoms with E-state index in [-0.39, 0.29) is 30.9 Å². The fraction of sp³-hybridized carbons (Fsp3) is 0.727. The van der Waals surface area contributed by atoms with E-state index in [0.717, 1.165) is 0 Å². The molecule has 8 heteroatoms. The number of aliphatic hydroxyl groups is 1. The molecule has 2 amide bonds. The summed E-state index contributed by atoms with van der Waals surface area (Å²) < 4.78 is 4.65. The van der Waals surface area contributed by atoms with Crippen molar-refractivity contribution in [2.75, 3.05) is 26.7 Å². The monoisotopic (exact) mass is 274 g/mol. The number of carboxylic acid groups (broad SMARTS) is 1. The summed E-state index contributed by atoms with van der Waals surface area (Å²) in [6.45, 7) is 2.07. The number of carboxylic acids is 1. The van der Waals surface area contributed by atoms with E-state index in [0.29, 0.717) is 6.54 Å². The summed E-state index contributed by atoms with van der Waals surface area (Å²) in [5, 5.41) is 19.8. The first-order valence-electron chi connectivity index (χ1n) is 5.88. The number of aliphatic hydroxyl groups excluding tert-OH is 1. The minimum absolute atomic E-state index is 0.0254. The smallest absolute Gasteiger partial charge is 0.334 e. The molecule has 0 radical (unpaired) electrons. The van der Waals surface area contributed by atoms with Crippen LogP contribution in [-0.4, -0.2) is 65.9 Å². The van der Waals surface area contributed by atoms with Gasteiger partial charge in [0.15, 0.2) is 6.10 Å². The van der Waals surface area contributed by atoms with Gasteiger partial charge < -0.3 is 25.2 Å². The van der Waals surface area contributed by atoms with E-state index in [1.54, 1.807) is 0 Å². The zero-order valence-electron chi connectivity index (χ0n) is 10.8. The Morgan fingerprint density at radius 2 is 2.05 bits per heavy atom. The highest BCUT2D eigenvalue weighted by Crippen LogP contribution is 2.23. The number of methoxy groups -OCH3 is 1. The fourth-order valence-electron chi connectivity index (χ4n) is 1.97. The molecule has 3 N–H and O–H groups in total. The number of rotatable bonds is 4. The van der Waals surface area contributed by atoms with Crippen molar-refractivity contribution in [1.29, 1.82) is 0 Å². The first-order valence-corrected chi connectivity index (χ1v) is 5.88. The molecule has 0 aromatic rings. The molecular formula is C11H18N2O6. The lowest BCUT2D eigenvalue weighted by molar-refractivity contribution is -0.146. The fourth-order valence-corrected chi connectivity index (χ4v) is 1.97. The third kappa shape index (κ3) is 3.82. The highest BCUT2D eigenvalue weighted by Gasteiger charge is 2.37. The molecule has 0 saturated carbocycles. The number of carbonyl (C=O) groups excluding carboxylic acids is 2. The number of hydrogen-bond donors (Lipinski definition) is 3. The van der Waals surface area contributed by atoms with E-state index < -0.39 is 18.1 Å². The van der Waals surface area contributed by atoms with Crippen LogP contribution in [-0.2, 0) is 14.3 Å². The van der Waals surface area contributed by atoms with Crippen LogP contribution in [0.4, 0.5) is 4.79 Å². The topological polar surface area (TPSA) is 116 Å². The number of esters is 1. The van der Waals surface area contributed by atoms with Crippen molar-refractivity contribution in [3.8, 4) is 0 Å². The van der Waals surface area contributed by atoms with Crippen molar-refractivity contribution in [1.82, 2.24) is 10.2 Å². The maximum atomic E-state index is 11.7. The molecular weight excluding hydrogens is 256 g/mol. The molecule has 1 rings (SSSR count). The van der Waals surface area contributed by atoms with E-state index in [1.165, 1.54) is 12.0 Å². The average Bonchev–Trinajstić information content (AvgIpc) is 2.76. The Hall–Kier alpha value is -1.83. The largest absolute Gasteiger partial charge is 0.479 e. The Morgan fingerprint density at radius 3 is 2.58 bits per heavy atom. The molecule has 1 saturated heterocycles. The van der Waals surface area contributed by atoms with Crippen LogP contribution in [0.1, 0.15) is 6.92 Å². The Balaban J connectivity index is 2.47. The summed E-state index contributed by atoms with van der Waals surface area (Å²) in [4.78, 5) is 35.0. The molecule has 0 aromatic heterocycles. The maximum Gasteiger partial charge on any atom is 0.334 e. The number of likely N-dealkylation sites (tertiary alicyclic amines) is 1. The first kappa shape index (κ1) is 15.2. The molecule has 0 aromatic carbocycles. The molecule has 2 unspecified atom stereocenters. The van der Waals surface area contributed by atoms with Crippen molar-refractivity contribution in [2.45, 2.75) is 13.0 Å². The Labute approximate surface area is 110 Å². The summed E-state index contributed by atoms with van der Waals surface area (Å²) >= 11 is 0. The molecule has 1 heterocycles. The average molecular weight is 274 g/mol. The summed E-state index contributed by atoms with van der Waals surface area (Å²) in [5.74, 6) is -2.17. The number of nitrogens with zero attached hydrogens (tertiary/aromatic N) is 1. The third-order valence-corrected chi connectivity index (χ3v) is 3.14. The van der Waals surface area contributed by atoms with Gasteiger partial charge >= 0.3 is 18.0 Å². The normalized spacial score (nSPS) is 23.8. The number of ether oxygens (including phenoxy) is 1. The molecule has 108 valence electrons. The second-order valence-corrected chi connectivity index (χ2v) is 4.55. The maximum absolute atomic E-state index is 11.7. The second-order valence-electron chi connectivity index (χ2n) is 4.55. The van der Waals surface area contributed by atoms with Crippen LogP contribution >= 0.6 is 0 Å². The predicted molar refractivity (Wildman–Crippen MR) is 63.3 cm³/mol. The van der Waals surface area contributed by atoms with Crippen LogP contribution in [0.2, 0.25) is 0 Å². The van der Waals surface area contributed by atoms with E-state index in [1.807, 2.05) is 6.92 Å². The van der Waals surface area contributed by atoms with Crippen LogP contribution in [0.3, 0.4) is 0 Å². The van der Waals surface area contributed by atoms with Gasteiger partial charge in [0, 0.05) is 13.1 Å². The minimum atomic E-state index is -1.64. The highest BCUT2D eigenvalue weighted by molar-refractivity contribution is 5.79. The lowest BCUT2D eigenvalue weighted by Gasteiger charge is -2.17. The van der Waals surface area contributed by atoms with Crippen molar-refractivity contribution < 1.29 is 29.3 Å². The number of carbonyl (C=O) groups is 3. The summed E-state index contributed by atoms with van der Waals surface area (Å²) in [6, 6.07) is -0.501.